The molecular formula is C15H18N2OS. The van der Waals surface area contributed by atoms with Gasteiger partial charge in [0.05, 0.1) is 4.88 Å². The fraction of sp³-hybridized carbons (Fsp3) is 0.400. The topological polar surface area (TPSA) is 46.3 Å². The van der Waals surface area contributed by atoms with Crippen molar-refractivity contribution in [2.75, 3.05) is 12.8 Å². The third kappa shape index (κ3) is 2.32. The molecule has 1 aliphatic carbocycles. The molecule has 0 radical (unpaired) electrons. The smallest absolute Gasteiger partial charge is 0.263 e. The summed E-state index contributed by atoms with van der Waals surface area (Å²) in [7, 11) is 1.93. The second-order valence-electron chi connectivity index (χ2n) is 5.26. The molecule has 0 saturated heterocycles. The van der Waals surface area contributed by atoms with Gasteiger partial charge in [0, 0.05) is 23.5 Å². The molecular weight excluding hydrogens is 256 g/mol. The van der Waals surface area contributed by atoms with E-state index < -0.39 is 0 Å². The summed E-state index contributed by atoms with van der Waals surface area (Å²) in [6.45, 7) is 0. The molecule has 0 unspecified atom stereocenters. The predicted octanol–water partition coefficient (Wildman–Crippen LogP) is 3.50. The van der Waals surface area contributed by atoms with Gasteiger partial charge in [-0.1, -0.05) is 12.8 Å². The Morgan fingerprint density at radius 1 is 1.32 bits per heavy atom. The fourth-order valence-corrected chi connectivity index (χ4v) is 3.82. The molecule has 1 aromatic heterocycles. The number of hydrogen-bond acceptors (Lipinski definition) is 3. The zero-order valence-electron chi connectivity index (χ0n) is 11.1. The molecule has 0 spiro atoms. The molecule has 2 aromatic rings. The van der Waals surface area contributed by atoms with Crippen molar-refractivity contribution in [3.05, 3.63) is 29.1 Å². The van der Waals surface area contributed by atoms with Gasteiger partial charge in [-0.05, 0) is 42.5 Å². The lowest BCUT2D eigenvalue weighted by molar-refractivity contribution is 0.0740. The van der Waals surface area contributed by atoms with Gasteiger partial charge in [-0.25, -0.2) is 0 Å². The number of thiophene rings is 1. The molecule has 100 valence electrons. The van der Waals surface area contributed by atoms with Crippen molar-refractivity contribution in [2.45, 2.75) is 31.7 Å². The second kappa shape index (κ2) is 4.85. The average Bonchev–Trinajstić information content (AvgIpc) is 3.05. The highest BCUT2D eigenvalue weighted by Crippen LogP contribution is 2.30. The van der Waals surface area contributed by atoms with Gasteiger partial charge in [-0.3, -0.25) is 4.79 Å². The summed E-state index contributed by atoms with van der Waals surface area (Å²) in [5.41, 5.74) is 6.52. The first kappa shape index (κ1) is 12.5. The Bertz CT molecular complexity index is 614. The van der Waals surface area contributed by atoms with Crippen LogP contribution in [0.5, 0.6) is 0 Å². The lowest BCUT2D eigenvalue weighted by Gasteiger charge is -2.23. The van der Waals surface area contributed by atoms with Gasteiger partial charge in [0.15, 0.2) is 0 Å². The summed E-state index contributed by atoms with van der Waals surface area (Å²) >= 11 is 1.55. The van der Waals surface area contributed by atoms with E-state index in [1.807, 2.05) is 36.2 Å². The quantitative estimate of drug-likeness (QED) is 0.852. The lowest BCUT2D eigenvalue weighted by atomic mass is 10.2. The van der Waals surface area contributed by atoms with E-state index >= 15 is 0 Å². The standard InChI is InChI=1S/C15H18N2OS/c1-17(12-4-2-3-5-12)15(18)14-9-10-8-11(16)6-7-13(10)19-14/h6-9,12H,2-5,16H2,1H3. The van der Waals surface area contributed by atoms with E-state index in [0.717, 1.165) is 33.5 Å². The summed E-state index contributed by atoms with van der Waals surface area (Å²) in [4.78, 5) is 15.2. The Hall–Kier alpha value is -1.55. The number of hydrogen-bond donors (Lipinski definition) is 1. The molecule has 1 amide bonds. The highest BCUT2D eigenvalue weighted by Gasteiger charge is 2.25. The third-order valence-corrected chi connectivity index (χ3v) is 5.05. The first-order valence-electron chi connectivity index (χ1n) is 6.71. The number of benzene rings is 1. The minimum atomic E-state index is 0.145. The maximum atomic E-state index is 12.5. The van der Waals surface area contributed by atoms with Crippen molar-refractivity contribution in [2.24, 2.45) is 0 Å². The first-order chi connectivity index (χ1) is 9.15. The SMILES string of the molecule is CN(C(=O)c1cc2cc(N)ccc2s1)C1CCCC1. The van der Waals surface area contributed by atoms with Crippen molar-refractivity contribution in [3.63, 3.8) is 0 Å². The maximum absolute atomic E-state index is 12.5. The van der Waals surface area contributed by atoms with E-state index in [-0.39, 0.29) is 5.91 Å². The minimum absolute atomic E-state index is 0.145. The van der Waals surface area contributed by atoms with E-state index in [1.54, 1.807) is 11.3 Å². The van der Waals surface area contributed by atoms with Crippen LogP contribution in [-0.4, -0.2) is 23.9 Å². The van der Waals surface area contributed by atoms with Crippen LogP contribution >= 0.6 is 11.3 Å². The van der Waals surface area contributed by atoms with Crippen molar-refractivity contribution in [1.82, 2.24) is 4.90 Å². The van der Waals surface area contributed by atoms with E-state index in [0.29, 0.717) is 6.04 Å². The van der Waals surface area contributed by atoms with Crippen molar-refractivity contribution < 1.29 is 4.79 Å². The molecule has 1 fully saturated rings. The monoisotopic (exact) mass is 274 g/mol. The summed E-state index contributed by atoms with van der Waals surface area (Å²) in [5.74, 6) is 0.145. The Kier molecular flexibility index (Phi) is 3.19. The second-order valence-corrected chi connectivity index (χ2v) is 6.35. The van der Waals surface area contributed by atoms with Gasteiger partial charge < -0.3 is 10.6 Å². The normalized spacial score (nSPS) is 16.1. The van der Waals surface area contributed by atoms with Crippen LogP contribution in [0.3, 0.4) is 0 Å². The Labute approximate surface area is 117 Å². The molecule has 1 saturated carbocycles. The highest BCUT2D eigenvalue weighted by atomic mass is 32.1. The Morgan fingerprint density at radius 3 is 2.79 bits per heavy atom. The number of anilines is 1. The van der Waals surface area contributed by atoms with Gasteiger partial charge >= 0.3 is 0 Å². The number of fused-ring (bicyclic) bond motifs is 1. The van der Waals surface area contributed by atoms with E-state index in [1.165, 1.54) is 12.8 Å². The number of nitrogens with two attached hydrogens (primary N) is 1. The number of carbonyl (C=O) groups excluding carboxylic acids is 1. The van der Waals surface area contributed by atoms with Gasteiger partial charge in [-0.15, -0.1) is 11.3 Å². The molecule has 1 heterocycles. The number of rotatable bonds is 2. The highest BCUT2D eigenvalue weighted by molar-refractivity contribution is 7.20. The number of amides is 1. The zero-order valence-corrected chi connectivity index (χ0v) is 11.9. The first-order valence-corrected chi connectivity index (χ1v) is 7.53. The summed E-state index contributed by atoms with van der Waals surface area (Å²) in [6, 6.07) is 8.18. The predicted molar refractivity (Wildman–Crippen MR) is 80.6 cm³/mol. The van der Waals surface area contributed by atoms with Crippen molar-refractivity contribution >= 4 is 33.0 Å². The molecule has 2 N–H and O–H groups in total. The largest absolute Gasteiger partial charge is 0.399 e. The Balaban J connectivity index is 1.88. The zero-order chi connectivity index (χ0) is 13.4. The van der Waals surface area contributed by atoms with Gasteiger partial charge in [0.2, 0.25) is 0 Å². The number of nitrogens with zero attached hydrogens (tertiary/aromatic N) is 1. The molecule has 0 aliphatic heterocycles. The van der Waals surface area contributed by atoms with Crippen molar-refractivity contribution in [3.8, 4) is 0 Å². The third-order valence-electron chi connectivity index (χ3n) is 3.94. The average molecular weight is 274 g/mol. The van der Waals surface area contributed by atoms with Crippen LogP contribution < -0.4 is 5.73 Å². The molecule has 19 heavy (non-hydrogen) atoms. The fourth-order valence-electron chi connectivity index (χ4n) is 2.80. The van der Waals surface area contributed by atoms with Crippen LogP contribution in [0.2, 0.25) is 0 Å². The number of nitrogen functional groups attached to an aromatic ring is 1. The molecule has 1 aromatic carbocycles. The van der Waals surface area contributed by atoms with Crippen LogP contribution in [0, 0.1) is 0 Å². The number of carbonyl (C=O) groups is 1. The molecule has 0 bridgehead atoms. The van der Waals surface area contributed by atoms with Crippen molar-refractivity contribution in [1.29, 1.82) is 0 Å². The van der Waals surface area contributed by atoms with Gasteiger partial charge in [0.25, 0.3) is 5.91 Å². The van der Waals surface area contributed by atoms with Gasteiger partial charge in [0.1, 0.15) is 0 Å². The van der Waals surface area contributed by atoms with Crippen LogP contribution in [0.1, 0.15) is 35.4 Å². The van der Waals surface area contributed by atoms with Crippen LogP contribution in [0.4, 0.5) is 5.69 Å². The van der Waals surface area contributed by atoms with Crippen LogP contribution in [0.15, 0.2) is 24.3 Å². The van der Waals surface area contributed by atoms with E-state index in [9.17, 15) is 4.79 Å². The molecule has 4 heteroatoms. The summed E-state index contributed by atoms with van der Waals surface area (Å²) in [6.07, 6.45) is 4.76. The van der Waals surface area contributed by atoms with E-state index in [4.69, 9.17) is 5.73 Å². The molecule has 3 nitrogen and oxygen atoms in total. The maximum Gasteiger partial charge on any atom is 0.263 e. The molecule has 0 atom stereocenters. The van der Waals surface area contributed by atoms with Crippen LogP contribution in [-0.2, 0) is 0 Å². The summed E-state index contributed by atoms with van der Waals surface area (Å²) in [5, 5.41) is 1.06. The van der Waals surface area contributed by atoms with Crippen LogP contribution in [0.25, 0.3) is 10.1 Å². The molecule has 1 aliphatic rings. The minimum Gasteiger partial charge on any atom is -0.399 e. The van der Waals surface area contributed by atoms with E-state index in [2.05, 4.69) is 0 Å². The Morgan fingerprint density at radius 2 is 2.05 bits per heavy atom. The molecule has 3 rings (SSSR count). The lowest BCUT2D eigenvalue weighted by Crippen LogP contribution is -2.34. The summed E-state index contributed by atoms with van der Waals surface area (Å²) < 4.78 is 1.12. The van der Waals surface area contributed by atoms with Gasteiger partial charge in [-0.2, -0.15) is 0 Å².